The predicted octanol–water partition coefficient (Wildman–Crippen LogP) is 6.35. The van der Waals surface area contributed by atoms with Gasteiger partial charge in [0.1, 0.15) is 10.8 Å². The maximum absolute atomic E-state index is 15.1. The molecule has 0 saturated heterocycles. The van der Waals surface area contributed by atoms with E-state index < -0.39 is 29.3 Å². The zero-order valence-electron chi connectivity index (χ0n) is 19.0. The molecule has 1 N–H and O–H groups in total. The van der Waals surface area contributed by atoms with Crippen molar-refractivity contribution in [2.24, 2.45) is 0 Å². The van der Waals surface area contributed by atoms with E-state index in [0.717, 1.165) is 11.1 Å². The molecule has 1 unspecified atom stereocenters. The Morgan fingerprint density at radius 1 is 0.971 bits per heavy atom. The third kappa shape index (κ3) is 3.84. The largest absolute Gasteiger partial charge is 0.503 e. The normalized spacial score (nSPS) is 15.7. The van der Waals surface area contributed by atoms with E-state index in [4.69, 9.17) is 0 Å². The molecule has 5 rings (SSSR count). The molecule has 0 bridgehead atoms. The van der Waals surface area contributed by atoms with Crippen LogP contribution in [0.25, 0.3) is 10.6 Å². The number of amides is 1. The average molecular weight is 485 g/mol. The molecule has 0 spiro atoms. The molecule has 0 saturated carbocycles. The summed E-state index contributed by atoms with van der Waals surface area (Å²) in [6.07, 6.45) is 0. The number of thiazole rings is 1. The molecular formula is C28H21FN2O3S. The van der Waals surface area contributed by atoms with Crippen LogP contribution < -0.4 is 4.90 Å². The van der Waals surface area contributed by atoms with Gasteiger partial charge in [0.2, 0.25) is 5.78 Å². The Bertz CT molecular complexity index is 1490. The molecule has 1 amide bonds. The lowest BCUT2D eigenvalue weighted by Gasteiger charge is -2.28. The van der Waals surface area contributed by atoms with Crippen LogP contribution in [0.3, 0.4) is 0 Å². The van der Waals surface area contributed by atoms with Gasteiger partial charge in [-0.3, -0.25) is 14.5 Å². The summed E-state index contributed by atoms with van der Waals surface area (Å²) >= 11 is 1.18. The van der Waals surface area contributed by atoms with Gasteiger partial charge in [0.15, 0.2) is 5.76 Å². The molecule has 174 valence electrons. The maximum atomic E-state index is 15.1. The Morgan fingerprint density at radius 3 is 2.34 bits per heavy atom. The third-order valence-electron chi connectivity index (χ3n) is 6.05. The van der Waals surface area contributed by atoms with Gasteiger partial charge in [-0.15, -0.1) is 11.3 Å². The fourth-order valence-electron chi connectivity index (χ4n) is 4.34. The van der Waals surface area contributed by atoms with Crippen molar-refractivity contribution in [2.45, 2.75) is 19.9 Å². The first-order valence-corrected chi connectivity index (χ1v) is 11.8. The second-order valence-corrected chi connectivity index (χ2v) is 9.28. The van der Waals surface area contributed by atoms with Crippen molar-refractivity contribution in [1.29, 1.82) is 0 Å². The Morgan fingerprint density at radius 2 is 1.63 bits per heavy atom. The van der Waals surface area contributed by atoms with Gasteiger partial charge in [-0.2, -0.15) is 0 Å². The summed E-state index contributed by atoms with van der Waals surface area (Å²) in [5, 5.41) is 11.6. The molecular weight excluding hydrogens is 463 g/mol. The highest BCUT2D eigenvalue weighted by atomic mass is 32.1. The fraction of sp³-hybridized carbons (Fsp3) is 0.107. The van der Waals surface area contributed by atoms with Crippen molar-refractivity contribution in [1.82, 2.24) is 4.98 Å². The van der Waals surface area contributed by atoms with Gasteiger partial charge in [0.25, 0.3) is 5.91 Å². The lowest BCUT2D eigenvalue weighted by Crippen LogP contribution is -2.32. The summed E-state index contributed by atoms with van der Waals surface area (Å²) in [5.41, 5.74) is 2.55. The number of hydrogen-bond donors (Lipinski definition) is 1. The number of benzene rings is 3. The van der Waals surface area contributed by atoms with Gasteiger partial charge in [0.05, 0.1) is 22.2 Å². The summed E-state index contributed by atoms with van der Waals surface area (Å²) in [6, 6.07) is 21.4. The number of carbonyl (C=O) groups is 2. The summed E-state index contributed by atoms with van der Waals surface area (Å²) in [6.45, 7) is 3.53. The van der Waals surface area contributed by atoms with E-state index in [2.05, 4.69) is 4.98 Å². The first-order chi connectivity index (χ1) is 16.9. The number of anilines is 1. The highest BCUT2D eigenvalue weighted by Crippen LogP contribution is 2.44. The Balaban J connectivity index is 1.67. The standard InChI is InChI=1S/C28H21FN2O3S/c1-16-10-6-9-15-21(16)31-23(19-13-7-8-14-20(19)29)22(25(33)28(31)34)24(32)26-17(2)30-27(35-26)18-11-4-3-5-12-18/h3-15,23,33H,1-2H3. The Hall–Kier alpha value is -4.10. The number of carbonyl (C=O) groups excluding carboxylic acids is 2. The summed E-state index contributed by atoms with van der Waals surface area (Å²) in [5.74, 6) is -2.55. The molecule has 5 nitrogen and oxygen atoms in total. The van der Waals surface area contributed by atoms with Gasteiger partial charge in [-0.25, -0.2) is 9.37 Å². The highest BCUT2D eigenvalue weighted by Gasteiger charge is 2.46. The molecule has 1 aromatic heterocycles. The second-order valence-electron chi connectivity index (χ2n) is 8.28. The molecule has 0 radical (unpaired) electrons. The Kier molecular flexibility index (Phi) is 5.78. The van der Waals surface area contributed by atoms with Crippen molar-refractivity contribution in [3.8, 4) is 10.6 Å². The summed E-state index contributed by atoms with van der Waals surface area (Å²) in [7, 11) is 0. The van der Waals surface area contributed by atoms with Crippen LogP contribution >= 0.6 is 11.3 Å². The van der Waals surface area contributed by atoms with Crippen molar-refractivity contribution < 1.29 is 19.1 Å². The molecule has 2 heterocycles. The van der Waals surface area contributed by atoms with Crippen LogP contribution in [0.15, 0.2) is 90.2 Å². The van der Waals surface area contributed by atoms with Crippen molar-refractivity contribution in [2.75, 3.05) is 4.90 Å². The van der Waals surface area contributed by atoms with E-state index in [0.29, 0.717) is 21.3 Å². The maximum Gasteiger partial charge on any atom is 0.294 e. The van der Waals surface area contributed by atoms with Crippen LogP contribution in [0.2, 0.25) is 0 Å². The van der Waals surface area contributed by atoms with E-state index in [9.17, 15) is 14.7 Å². The van der Waals surface area contributed by atoms with Crippen LogP contribution in [0.1, 0.15) is 32.5 Å². The number of ketones is 1. The van der Waals surface area contributed by atoms with Crippen LogP contribution in [0, 0.1) is 19.7 Å². The minimum absolute atomic E-state index is 0.127. The minimum Gasteiger partial charge on any atom is -0.503 e. The fourth-order valence-corrected chi connectivity index (χ4v) is 5.37. The van der Waals surface area contributed by atoms with Gasteiger partial charge in [-0.1, -0.05) is 66.7 Å². The van der Waals surface area contributed by atoms with E-state index in [1.807, 2.05) is 49.4 Å². The van der Waals surface area contributed by atoms with Crippen molar-refractivity contribution >= 4 is 28.7 Å². The first-order valence-electron chi connectivity index (χ1n) is 11.0. The number of aliphatic hydroxyl groups excluding tert-OH is 1. The number of aromatic nitrogens is 1. The third-order valence-corrected chi connectivity index (χ3v) is 7.26. The zero-order chi connectivity index (χ0) is 24.7. The van der Waals surface area contributed by atoms with Gasteiger partial charge < -0.3 is 5.11 Å². The molecule has 0 fully saturated rings. The lowest BCUT2D eigenvalue weighted by molar-refractivity contribution is -0.117. The minimum atomic E-state index is -1.13. The smallest absolute Gasteiger partial charge is 0.294 e. The number of halogens is 1. The number of nitrogens with zero attached hydrogens (tertiary/aromatic N) is 2. The van der Waals surface area contributed by atoms with Crippen LogP contribution in [-0.4, -0.2) is 21.8 Å². The number of Topliss-reactive ketones (excluding diaryl/α,β-unsaturated/α-hetero) is 1. The molecule has 1 atom stereocenters. The lowest BCUT2D eigenvalue weighted by atomic mass is 9.94. The quantitative estimate of drug-likeness (QED) is 0.335. The number of para-hydroxylation sites is 1. The molecule has 4 aromatic rings. The van der Waals surface area contributed by atoms with Crippen LogP contribution in [0.5, 0.6) is 0 Å². The van der Waals surface area contributed by atoms with Gasteiger partial charge in [-0.05, 0) is 31.5 Å². The van der Waals surface area contributed by atoms with Crippen molar-refractivity contribution in [3.05, 3.63) is 118 Å². The first kappa shape index (κ1) is 22.7. The van der Waals surface area contributed by atoms with Crippen LogP contribution in [0.4, 0.5) is 10.1 Å². The topological polar surface area (TPSA) is 70.5 Å². The van der Waals surface area contributed by atoms with Gasteiger partial charge in [0, 0.05) is 16.8 Å². The van der Waals surface area contributed by atoms with E-state index in [1.165, 1.54) is 34.4 Å². The molecule has 0 aliphatic carbocycles. The SMILES string of the molecule is Cc1ccccc1N1C(=O)C(O)=C(C(=O)c2sc(-c3ccccc3)nc2C)C1c1ccccc1F. The second kappa shape index (κ2) is 8.92. The summed E-state index contributed by atoms with van der Waals surface area (Å²) in [4.78, 5) is 33.4. The monoisotopic (exact) mass is 484 g/mol. The molecule has 3 aromatic carbocycles. The molecule has 1 aliphatic heterocycles. The number of rotatable bonds is 5. The predicted molar refractivity (Wildman–Crippen MR) is 134 cm³/mol. The molecule has 1 aliphatic rings. The Labute approximate surface area is 205 Å². The van der Waals surface area contributed by atoms with Crippen LogP contribution in [-0.2, 0) is 4.79 Å². The molecule has 35 heavy (non-hydrogen) atoms. The van der Waals surface area contributed by atoms with E-state index in [-0.39, 0.29) is 11.1 Å². The van der Waals surface area contributed by atoms with E-state index in [1.54, 1.807) is 25.1 Å². The average Bonchev–Trinajstić information content (AvgIpc) is 3.37. The highest BCUT2D eigenvalue weighted by molar-refractivity contribution is 7.17. The summed E-state index contributed by atoms with van der Waals surface area (Å²) < 4.78 is 15.1. The number of hydrogen-bond acceptors (Lipinski definition) is 5. The van der Waals surface area contributed by atoms with E-state index >= 15 is 4.39 Å². The number of aryl methyl sites for hydroxylation is 2. The zero-order valence-corrected chi connectivity index (χ0v) is 19.8. The van der Waals surface area contributed by atoms with Crippen molar-refractivity contribution in [3.63, 3.8) is 0 Å². The number of aliphatic hydroxyl groups is 1. The molecule has 7 heteroatoms. The van der Waals surface area contributed by atoms with Gasteiger partial charge >= 0.3 is 0 Å².